The molecule has 0 fully saturated rings. The first-order valence-corrected chi connectivity index (χ1v) is 6.23. The molecule has 0 spiro atoms. The van der Waals surface area contributed by atoms with Crippen molar-refractivity contribution in [2.75, 3.05) is 12.8 Å². The first-order valence-electron chi connectivity index (χ1n) is 5.24. The lowest BCUT2D eigenvalue weighted by atomic mass is 10.1. The lowest BCUT2D eigenvalue weighted by Crippen LogP contribution is -2.29. The first-order chi connectivity index (χ1) is 6.49. The summed E-state index contributed by atoms with van der Waals surface area (Å²) < 4.78 is 0.362. The summed E-state index contributed by atoms with van der Waals surface area (Å²) in [6.07, 6.45) is 8.44. The highest BCUT2D eigenvalue weighted by Gasteiger charge is 2.14. The van der Waals surface area contributed by atoms with E-state index in [4.69, 9.17) is 6.42 Å². The van der Waals surface area contributed by atoms with E-state index in [1.165, 1.54) is 12.2 Å². The minimum Gasteiger partial charge on any atom is -0.316 e. The van der Waals surface area contributed by atoms with Gasteiger partial charge in [-0.25, -0.2) is 0 Å². The van der Waals surface area contributed by atoms with Crippen LogP contribution in [-0.2, 0) is 0 Å². The van der Waals surface area contributed by atoms with Crippen molar-refractivity contribution in [1.29, 1.82) is 0 Å². The third-order valence-corrected chi connectivity index (χ3v) is 3.43. The SMILES string of the molecule is C#CCCCC(CSC(C)(C)C)NC. The summed E-state index contributed by atoms with van der Waals surface area (Å²) in [7, 11) is 2.03. The van der Waals surface area contributed by atoms with E-state index >= 15 is 0 Å². The molecule has 1 nitrogen and oxygen atoms in total. The predicted molar refractivity (Wildman–Crippen MR) is 67.7 cm³/mol. The van der Waals surface area contributed by atoms with Crippen LogP contribution in [0.4, 0.5) is 0 Å². The van der Waals surface area contributed by atoms with Crippen molar-refractivity contribution in [3.8, 4) is 12.3 Å². The Kier molecular flexibility index (Phi) is 7.13. The van der Waals surface area contributed by atoms with Crippen molar-refractivity contribution in [2.45, 2.75) is 50.8 Å². The highest BCUT2D eigenvalue weighted by atomic mass is 32.2. The Hall–Kier alpha value is -0.130. The summed E-state index contributed by atoms with van der Waals surface area (Å²) in [6.45, 7) is 6.77. The Morgan fingerprint density at radius 2 is 2.07 bits per heavy atom. The van der Waals surface area contributed by atoms with Gasteiger partial charge in [-0.3, -0.25) is 0 Å². The average molecular weight is 213 g/mol. The molecule has 0 aliphatic carbocycles. The van der Waals surface area contributed by atoms with E-state index in [0.29, 0.717) is 10.8 Å². The molecule has 1 unspecified atom stereocenters. The molecule has 0 amide bonds. The maximum atomic E-state index is 5.22. The average Bonchev–Trinajstić information content (AvgIpc) is 2.09. The summed E-state index contributed by atoms with van der Waals surface area (Å²) in [5.74, 6) is 3.86. The van der Waals surface area contributed by atoms with Gasteiger partial charge >= 0.3 is 0 Å². The normalized spacial score (nSPS) is 13.6. The molecule has 0 aliphatic rings. The number of unbranched alkanes of at least 4 members (excludes halogenated alkanes) is 1. The van der Waals surface area contributed by atoms with Gasteiger partial charge in [-0.05, 0) is 19.9 Å². The summed E-state index contributed by atoms with van der Waals surface area (Å²) >= 11 is 2.01. The fourth-order valence-corrected chi connectivity index (χ4v) is 2.15. The largest absolute Gasteiger partial charge is 0.316 e. The van der Waals surface area contributed by atoms with Gasteiger partial charge in [0.1, 0.15) is 0 Å². The fraction of sp³-hybridized carbons (Fsp3) is 0.833. The van der Waals surface area contributed by atoms with Crippen LogP contribution in [0.1, 0.15) is 40.0 Å². The first kappa shape index (κ1) is 13.9. The van der Waals surface area contributed by atoms with Crippen LogP contribution in [0.25, 0.3) is 0 Å². The Labute approximate surface area is 93.4 Å². The number of nitrogens with one attached hydrogen (secondary N) is 1. The maximum Gasteiger partial charge on any atom is 0.0155 e. The molecule has 0 bridgehead atoms. The minimum absolute atomic E-state index is 0.362. The predicted octanol–water partition coefficient (Wildman–Crippen LogP) is 2.91. The minimum atomic E-state index is 0.362. The van der Waals surface area contributed by atoms with E-state index in [1.54, 1.807) is 0 Å². The zero-order valence-corrected chi connectivity index (χ0v) is 10.7. The molecule has 0 aromatic heterocycles. The van der Waals surface area contributed by atoms with Crippen molar-refractivity contribution in [3.05, 3.63) is 0 Å². The van der Waals surface area contributed by atoms with Gasteiger partial charge in [-0.2, -0.15) is 11.8 Å². The third-order valence-electron chi connectivity index (χ3n) is 2.00. The van der Waals surface area contributed by atoms with Gasteiger partial charge in [-0.1, -0.05) is 20.8 Å². The number of rotatable bonds is 6. The maximum absolute atomic E-state index is 5.22. The summed E-state index contributed by atoms with van der Waals surface area (Å²) in [5.41, 5.74) is 0. The van der Waals surface area contributed by atoms with Crippen molar-refractivity contribution in [1.82, 2.24) is 5.32 Å². The van der Waals surface area contributed by atoms with Crippen molar-refractivity contribution in [2.24, 2.45) is 0 Å². The molecule has 0 saturated heterocycles. The molecule has 2 heteroatoms. The zero-order valence-electron chi connectivity index (χ0n) is 9.89. The quantitative estimate of drug-likeness (QED) is 0.538. The molecular weight excluding hydrogens is 190 g/mol. The molecule has 0 rings (SSSR count). The van der Waals surface area contributed by atoms with Crippen LogP contribution < -0.4 is 5.32 Å². The van der Waals surface area contributed by atoms with Gasteiger partial charge < -0.3 is 5.32 Å². The number of terminal acetylenes is 1. The molecule has 0 aromatic rings. The van der Waals surface area contributed by atoms with Gasteiger partial charge in [0.15, 0.2) is 0 Å². The van der Waals surface area contributed by atoms with E-state index in [-0.39, 0.29) is 0 Å². The Morgan fingerprint density at radius 1 is 1.43 bits per heavy atom. The van der Waals surface area contributed by atoms with Crippen LogP contribution in [0.2, 0.25) is 0 Å². The summed E-state index contributed by atoms with van der Waals surface area (Å²) in [5, 5.41) is 3.34. The molecular formula is C12H23NS. The summed E-state index contributed by atoms with van der Waals surface area (Å²) in [6, 6.07) is 0.604. The molecule has 0 aromatic carbocycles. The van der Waals surface area contributed by atoms with Gasteiger partial charge in [0.2, 0.25) is 0 Å². The molecule has 14 heavy (non-hydrogen) atoms. The zero-order chi connectivity index (χ0) is 11.0. The van der Waals surface area contributed by atoms with Crippen LogP contribution >= 0.6 is 11.8 Å². The van der Waals surface area contributed by atoms with Crippen LogP contribution in [-0.4, -0.2) is 23.6 Å². The van der Waals surface area contributed by atoms with Crippen molar-refractivity contribution < 1.29 is 0 Å². The van der Waals surface area contributed by atoms with E-state index in [1.807, 2.05) is 18.8 Å². The molecule has 0 saturated carbocycles. The molecule has 1 atom stereocenters. The van der Waals surface area contributed by atoms with Crippen molar-refractivity contribution in [3.63, 3.8) is 0 Å². The molecule has 0 heterocycles. The monoisotopic (exact) mass is 213 g/mol. The highest BCUT2D eigenvalue weighted by molar-refractivity contribution is 8.00. The van der Waals surface area contributed by atoms with E-state index in [0.717, 1.165) is 12.8 Å². The second-order valence-corrected chi connectivity index (χ2v) is 6.35. The fourth-order valence-electron chi connectivity index (χ4n) is 1.11. The Morgan fingerprint density at radius 3 is 2.50 bits per heavy atom. The Bertz CT molecular complexity index is 176. The van der Waals surface area contributed by atoms with Gasteiger partial charge in [0.05, 0.1) is 0 Å². The molecule has 82 valence electrons. The molecule has 0 aliphatic heterocycles. The van der Waals surface area contributed by atoms with Gasteiger partial charge in [0, 0.05) is 23.0 Å². The number of thioether (sulfide) groups is 1. The van der Waals surface area contributed by atoms with Gasteiger partial charge in [0.25, 0.3) is 0 Å². The van der Waals surface area contributed by atoms with Crippen molar-refractivity contribution >= 4 is 11.8 Å². The second kappa shape index (κ2) is 7.20. The van der Waals surface area contributed by atoms with Crippen LogP contribution in [0.15, 0.2) is 0 Å². The van der Waals surface area contributed by atoms with E-state index in [2.05, 4.69) is 32.0 Å². The van der Waals surface area contributed by atoms with Crippen LogP contribution in [0, 0.1) is 12.3 Å². The summed E-state index contributed by atoms with van der Waals surface area (Å²) in [4.78, 5) is 0. The highest BCUT2D eigenvalue weighted by Crippen LogP contribution is 2.24. The van der Waals surface area contributed by atoms with E-state index < -0.39 is 0 Å². The molecule has 1 N–H and O–H groups in total. The smallest absolute Gasteiger partial charge is 0.0155 e. The lowest BCUT2D eigenvalue weighted by Gasteiger charge is -2.22. The topological polar surface area (TPSA) is 12.0 Å². The Balaban J connectivity index is 3.64. The van der Waals surface area contributed by atoms with Crippen LogP contribution in [0.5, 0.6) is 0 Å². The number of hydrogen-bond donors (Lipinski definition) is 1. The lowest BCUT2D eigenvalue weighted by molar-refractivity contribution is 0.552. The van der Waals surface area contributed by atoms with E-state index in [9.17, 15) is 0 Å². The second-order valence-electron chi connectivity index (χ2n) is 4.51. The van der Waals surface area contributed by atoms with Crippen LogP contribution in [0.3, 0.4) is 0 Å². The molecule has 0 radical (unpaired) electrons. The number of hydrogen-bond acceptors (Lipinski definition) is 2. The standard InChI is InChI=1S/C12H23NS/c1-6-7-8-9-11(13-5)10-14-12(2,3)4/h1,11,13H,7-10H2,2-5H3. The third kappa shape index (κ3) is 8.47. The van der Waals surface area contributed by atoms with Gasteiger partial charge in [-0.15, -0.1) is 12.3 Å².